The third-order valence-electron chi connectivity index (χ3n) is 3.20. The van der Waals surface area contributed by atoms with E-state index in [9.17, 15) is 4.79 Å². The molecule has 0 radical (unpaired) electrons. The molecule has 0 aliphatic carbocycles. The Morgan fingerprint density at radius 2 is 2.00 bits per heavy atom. The van der Waals surface area contributed by atoms with Gasteiger partial charge in [0.25, 0.3) is 5.91 Å². The maximum Gasteiger partial charge on any atom is 0.271 e. The zero-order valence-corrected chi connectivity index (χ0v) is 14.9. The Balaban J connectivity index is 1.96. The fourth-order valence-electron chi connectivity index (χ4n) is 2.03. The third-order valence-corrected chi connectivity index (χ3v) is 4.83. The fraction of sp³-hybridized carbons (Fsp3) is 0.250. The summed E-state index contributed by atoms with van der Waals surface area (Å²) in [6, 6.07) is 9.50. The first-order chi connectivity index (χ1) is 10.6. The van der Waals surface area contributed by atoms with Crippen LogP contribution >= 0.6 is 27.3 Å². The summed E-state index contributed by atoms with van der Waals surface area (Å²) in [4.78, 5) is 15.2. The zero-order chi connectivity index (χ0) is 15.9. The molecule has 1 aromatic heterocycles. The number of hydrogen-bond donors (Lipinski definition) is 1. The first kappa shape index (κ1) is 16.7. The van der Waals surface area contributed by atoms with E-state index in [0.717, 1.165) is 28.1 Å². The van der Waals surface area contributed by atoms with Crippen molar-refractivity contribution in [3.05, 3.63) is 50.6 Å². The Morgan fingerprint density at radius 1 is 1.32 bits per heavy atom. The smallest absolute Gasteiger partial charge is 0.271 e. The summed E-state index contributed by atoms with van der Waals surface area (Å²) in [7, 11) is 0. The summed E-state index contributed by atoms with van der Waals surface area (Å²) in [5.74, 6) is -0.210. The van der Waals surface area contributed by atoms with Crippen molar-refractivity contribution in [1.82, 2.24) is 5.43 Å². The van der Waals surface area contributed by atoms with Crippen LogP contribution in [0.4, 0.5) is 5.69 Å². The molecule has 0 aliphatic heterocycles. The van der Waals surface area contributed by atoms with E-state index in [1.807, 2.05) is 35.7 Å². The summed E-state index contributed by atoms with van der Waals surface area (Å²) in [5, 5.41) is 5.94. The fourth-order valence-corrected chi connectivity index (χ4v) is 3.33. The van der Waals surface area contributed by atoms with Gasteiger partial charge in [-0.25, -0.2) is 5.43 Å². The van der Waals surface area contributed by atoms with Crippen molar-refractivity contribution < 1.29 is 4.79 Å². The number of carbonyl (C=O) groups is 1. The maximum absolute atomic E-state index is 12.0. The molecule has 116 valence electrons. The molecule has 6 heteroatoms. The second-order valence-electron chi connectivity index (χ2n) is 4.59. The summed E-state index contributed by atoms with van der Waals surface area (Å²) < 4.78 is 1.01. The Hall–Kier alpha value is -1.66. The molecule has 0 saturated heterocycles. The van der Waals surface area contributed by atoms with Crippen LogP contribution in [0.15, 0.2) is 45.3 Å². The van der Waals surface area contributed by atoms with Gasteiger partial charge in [-0.1, -0.05) is 0 Å². The number of nitrogens with zero attached hydrogens (tertiary/aromatic N) is 2. The highest BCUT2D eigenvalue weighted by Crippen LogP contribution is 2.18. The second-order valence-corrected chi connectivity index (χ2v) is 6.44. The normalized spacial score (nSPS) is 10.9. The van der Waals surface area contributed by atoms with Crippen LogP contribution in [0.5, 0.6) is 0 Å². The molecule has 0 aliphatic rings. The SMILES string of the molecule is CCN(CC)c1ccc(C(=O)N/N=C\c2cc(Br)cs2)cc1. The molecule has 0 saturated carbocycles. The van der Waals surface area contributed by atoms with E-state index in [-0.39, 0.29) is 5.91 Å². The van der Waals surface area contributed by atoms with Crippen LogP contribution in [0.25, 0.3) is 0 Å². The van der Waals surface area contributed by atoms with Crippen molar-refractivity contribution >= 4 is 45.1 Å². The molecule has 1 amide bonds. The molecule has 0 fully saturated rings. The van der Waals surface area contributed by atoms with Gasteiger partial charge in [0.15, 0.2) is 0 Å². The topological polar surface area (TPSA) is 44.7 Å². The van der Waals surface area contributed by atoms with E-state index < -0.39 is 0 Å². The Bertz CT molecular complexity index is 648. The van der Waals surface area contributed by atoms with E-state index in [1.54, 1.807) is 17.6 Å². The third kappa shape index (κ3) is 4.42. The van der Waals surface area contributed by atoms with Gasteiger partial charge < -0.3 is 4.90 Å². The average Bonchev–Trinajstić information content (AvgIpc) is 2.94. The van der Waals surface area contributed by atoms with Crippen LogP contribution in [0.3, 0.4) is 0 Å². The molecule has 1 aromatic carbocycles. The van der Waals surface area contributed by atoms with Gasteiger partial charge in [-0.05, 0) is 60.1 Å². The Kier molecular flexibility index (Phi) is 6.15. The van der Waals surface area contributed by atoms with Gasteiger partial charge >= 0.3 is 0 Å². The van der Waals surface area contributed by atoms with Crippen molar-refractivity contribution in [1.29, 1.82) is 0 Å². The lowest BCUT2D eigenvalue weighted by molar-refractivity contribution is 0.0955. The molecule has 2 rings (SSSR count). The minimum Gasteiger partial charge on any atom is -0.372 e. The summed E-state index contributed by atoms with van der Waals surface area (Å²) in [6.45, 7) is 6.12. The molecule has 0 atom stereocenters. The van der Waals surface area contributed by atoms with Crippen LogP contribution < -0.4 is 10.3 Å². The van der Waals surface area contributed by atoms with Crippen LogP contribution in [0, 0.1) is 0 Å². The maximum atomic E-state index is 12.0. The monoisotopic (exact) mass is 379 g/mol. The average molecular weight is 380 g/mol. The van der Waals surface area contributed by atoms with Crippen LogP contribution in [-0.4, -0.2) is 25.2 Å². The van der Waals surface area contributed by atoms with Crippen molar-refractivity contribution in [2.45, 2.75) is 13.8 Å². The highest BCUT2D eigenvalue weighted by molar-refractivity contribution is 9.10. The number of benzene rings is 1. The number of hydrogen-bond acceptors (Lipinski definition) is 4. The number of rotatable bonds is 6. The van der Waals surface area contributed by atoms with Gasteiger partial charge in [0.05, 0.1) is 6.21 Å². The number of carbonyl (C=O) groups excluding carboxylic acids is 1. The minimum atomic E-state index is -0.210. The molecule has 4 nitrogen and oxygen atoms in total. The quantitative estimate of drug-likeness (QED) is 0.605. The molecule has 0 bridgehead atoms. The molecular weight excluding hydrogens is 362 g/mol. The number of anilines is 1. The van der Waals surface area contributed by atoms with Gasteiger partial charge in [-0.2, -0.15) is 5.10 Å². The van der Waals surface area contributed by atoms with Gasteiger partial charge in [-0.15, -0.1) is 11.3 Å². The molecular formula is C16H18BrN3OS. The van der Waals surface area contributed by atoms with Crippen molar-refractivity contribution in [3.63, 3.8) is 0 Å². The van der Waals surface area contributed by atoms with Gasteiger partial charge in [0, 0.05) is 39.1 Å². The number of halogens is 1. The first-order valence-corrected chi connectivity index (χ1v) is 8.73. The standard InChI is InChI=1S/C16H18BrN3OS/c1-3-20(4-2)14-7-5-12(6-8-14)16(21)19-18-10-15-9-13(17)11-22-15/h5-11H,3-4H2,1-2H3,(H,19,21)/b18-10-. The number of hydrazone groups is 1. The van der Waals surface area contributed by atoms with E-state index in [0.29, 0.717) is 5.56 Å². The summed E-state index contributed by atoms with van der Waals surface area (Å²) in [6.07, 6.45) is 1.64. The molecule has 0 spiro atoms. The Morgan fingerprint density at radius 3 is 2.55 bits per heavy atom. The lowest BCUT2D eigenvalue weighted by Gasteiger charge is -2.20. The van der Waals surface area contributed by atoms with E-state index in [1.165, 1.54) is 0 Å². The largest absolute Gasteiger partial charge is 0.372 e. The molecule has 1 heterocycles. The minimum absolute atomic E-state index is 0.210. The highest BCUT2D eigenvalue weighted by atomic mass is 79.9. The number of thiophene rings is 1. The predicted molar refractivity (Wildman–Crippen MR) is 97.1 cm³/mol. The summed E-state index contributed by atoms with van der Waals surface area (Å²) in [5.41, 5.74) is 4.26. The van der Waals surface area contributed by atoms with E-state index in [2.05, 4.69) is 45.2 Å². The van der Waals surface area contributed by atoms with Crippen molar-refractivity contribution in [2.75, 3.05) is 18.0 Å². The van der Waals surface area contributed by atoms with E-state index in [4.69, 9.17) is 0 Å². The summed E-state index contributed by atoms with van der Waals surface area (Å²) >= 11 is 4.93. The van der Waals surface area contributed by atoms with Gasteiger partial charge in [-0.3, -0.25) is 4.79 Å². The van der Waals surface area contributed by atoms with Gasteiger partial charge in [0.1, 0.15) is 0 Å². The lowest BCUT2D eigenvalue weighted by Crippen LogP contribution is -2.22. The van der Waals surface area contributed by atoms with Gasteiger partial charge in [0.2, 0.25) is 0 Å². The highest BCUT2D eigenvalue weighted by Gasteiger charge is 2.06. The van der Waals surface area contributed by atoms with Crippen molar-refractivity contribution in [2.24, 2.45) is 5.10 Å². The van der Waals surface area contributed by atoms with Crippen LogP contribution in [-0.2, 0) is 0 Å². The van der Waals surface area contributed by atoms with Crippen LogP contribution in [0.1, 0.15) is 29.1 Å². The molecule has 2 aromatic rings. The molecule has 1 N–H and O–H groups in total. The molecule has 0 unspecified atom stereocenters. The van der Waals surface area contributed by atoms with Crippen LogP contribution in [0.2, 0.25) is 0 Å². The predicted octanol–water partition coefficient (Wildman–Crippen LogP) is 4.12. The van der Waals surface area contributed by atoms with E-state index >= 15 is 0 Å². The first-order valence-electron chi connectivity index (χ1n) is 7.06. The second kappa shape index (κ2) is 8.10. The molecule has 22 heavy (non-hydrogen) atoms. The number of amides is 1. The van der Waals surface area contributed by atoms with Crippen molar-refractivity contribution in [3.8, 4) is 0 Å². The Labute approximate surface area is 143 Å². The lowest BCUT2D eigenvalue weighted by atomic mass is 10.2. The zero-order valence-electron chi connectivity index (χ0n) is 12.5. The number of nitrogens with one attached hydrogen (secondary N) is 1.